The molecule has 24 heavy (non-hydrogen) atoms. The van der Waals surface area contributed by atoms with Gasteiger partial charge in [-0.15, -0.1) is 0 Å². The quantitative estimate of drug-likeness (QED) is 0.727. The molecule has 0 saturated heterocycles. The summed E-state index contributed by atoms with van der Waals surface area (Å²) in [5.74, 6) is 0.491. The number of anilines is 1. The highest BCUT2D eigenvalue weighted by Crippen LogP contribution is 2.32. The van der Waals surface area contributed by atoms with Gasteiger partial charge in [0, 0.05) is 16.6 Å². The topological polar surface area (TPSA) is 68.3 Å². The van der Waals surface area contributed by atoms with Crippen molar-refractivity contribution in [1.82, 2.24) is 4.98 Å². The summed E-state index contributed by atoms with van der Waals surface area (Å²) in [5.41, 5.74) is 0.664. The zero-order valence-corrected chi connectivity index (χ0v) is 14.8. The van der Waals surface area contributed by atoms with Crippen LogP contribution in [-0.2, 0) is 10.0 Å². The van der Waals surface area contributed by atoms with E-state index < -0.39 is 10.0 Å². The van der Waals surface area contributed by atoms with Gasteiger partial charge in [-0.25, -0.2) is 8.42 Å². The first-order valence-electron chi connectivity index (χ1n) is 6.82. The summed E-state index contributed by atoms with van der Waals surface area (Å²) in [6.45, 7) is 0. The molecule has 0 aliphatic heterocycles. The highest BCUT2D eigenvalue weighted by atomic mass is 35.5. The summed E-state index contributed by atoms with van der Waals surface area (Å²) in [6.07, 6.45) is 1.57. The van der Waals surface area contributed by atoms with E-state index in [2.05, 4.69) is 9.71 Å². The van der Waals surface area contributed by atoms with E-state index in [0.29, 0.717) is 21.7 Å². The Bertz CT molecular complexity index is 1020. The first-order valence-corrected chi connectivity index (χ1v) is 9.06. The average Bonchev–Trinajstić information content (AvgIpc) is 2.56. The number of nitrogens with zero attached hydrogens (tertiary/aromatic N) is 1. The van der Waals surface area contributed by atoms with Crippen LogP contribution in [0.15, 0.2) is 53.6 Å². The van der Waals surface area contributed by atoms with E-state index in [1.807, 2.05) is 0 Å². The zero-order chi connectivity index (χ0) is 17.3. The largest absolute Gasteiger partial charge is 0.494 e. The third-order valence-corrected chi connectivity index (χ3v) is 5.36. The van der Waals surface area contributed by atoms with Gasteiger partial charge in [0.15, 0.2) is 0 Å². The summed E-state index contributed by atoms with van der Waals surface area (Å²) < 4.78 is 33.3. The lowest BCUT2D eigenvalue weighted by molar-refractivity contribution is 0.418. The van der Waals surface area contributed by atoms with E-state index in [0.717, 1.165) is 0 Å². The van der Waals surface area contributed by atoms with Crippen LogP contribution in [-0.4, -0.2) is 20.5 Å². The number of hydrogen-bond acceptors (Lipinski definition) is 4. The number of sulfonamides is 1. The molecule has 0 atom stereocenters. The van der Waals surface area contributed by atoms with Crippen molar-refractivity contribution < 1.29 is 13.2 Å². The SMILES string of the molecule is COc1ccc(S(=O)(=O)Nc2cc(Cl)ccc2Cl)c2cccnc12. The maximum absolute atomic E-state index is 12.8. The van der Waals surface area contributed by atoms with Gasteiger partial charge in [0.1, 0.15) is 11.3 Å². The Morgan fingerprint density at radius 2 is 1.92 bits per heavy atom. The maximum Gasteiger partial charge on any atom is 0.262 e. The first kappa shape index (κ1) is 16.8. The van der Waals surface area contributed by atoms with Crippen molar-refractivity contribution in [1.29, 1.82) is 0 Å². The average molecular weight is 383 g/mol. The summed E-state index contributed by atoms with van der Waals surface area (Å²) in [4.78, 5) is 4.27. The van der Waals surface area contributed by atoms with Gasteiger partial charge in [0.2, 0.25) is 0 Å². The molecule has 0 saturated carbocycles. The summed E-state index contributed by atoms with van der Waals surface area (Å²) in [6, 6.07) is 10.9. The molecule has 2 aromatic carbocycles. The molecule has 1 aromatic heterocycles. The number of ether oxygens (including phenoxy) is 1. The Morgan fingerprint density at radius 3 is 2.67 bits per heavy atom. The van der Waals surface area contributed by atoms with E-state index in [1.54, 1.807) is 30.5 Å². The lowest BCUT2D eigenvalue weighted by Gasteiger charge is -2.13. The molecule has 0 aliphatic carbocycles. The number of nitrogens with one attached hydrogen (secondary N) is 1. The van der Waals surface area contributed by atoms with Gasteiger partial charge < -0.3 is 4.74 Å². The molecule has 0 bridgehead atoms. The number of aromatic nitrogens is 1. The van der Waals surface area contributed by atoms with Crippen LogP contribution in [0.5, 0.6) is 5.75 Å². The number of pyridine rings is 1. The Labute approximate surface area is 149 Å². The normalized spacial score (nSPS) is 11.5. The molecular weight excluding hydrogens is 371 g/mol. The van der Waals surface area contributed by atoms with Crippen LogP contribution in [0.25, 0.3) is 10.9 Å². The van der Waals surface area contributed by atoms with Crippen LogP contribution in [0, 0.1) is 0 Å². The van der Waals surface area contributed by atoms with Crippen LogP contribution < -0.4 is 9.46 Å². The number of benzene rings is 2. The van der Waals surface area contributed by atoms with Crippen molar-refractivity contribution in [2.45, 2.75) is 4.90 Å². The van der Waals surface area contributed by atoms with Crippen molar-refractivity contribution in [3.63, 3.8) is 0 Å². The Kier molecular flexibility index (Phi) is 4.54. The molecule has 3 rings (SSSR count). The standard InChI is InChI=1S/C16H12Cl2N2O3S/c1-23-14-6-7-15(11-3-2-8-19-16(11)14)24(21,22)20-13-9-10(17)4-5-12(13)18/h2-9,20H,1H3. The second-order valence-electron chi connectivity index (χ2n) is 4.90. The van der Waals surface area contributed by atoms with E-state index in [1.165, 1.54) is 25.3 Å². The molecule has 124 valence electrons. The van der Waals surface area contributed by atoms with Crippen molar-refractivity contribution >= 4 is 49.8 Å². The predicted octanol–water partition coefficient (Wildman–Crippen LogP) is 4.35. The Balaban J connectivity index is 2.14. The third kappa shape index (κ3) is 3.13. The highest BCUT2D eigenvalue weighted by molar-refractivity contribution is 7.93. The Morgan fingerprint density at radius 1 is 1.12 bits per heavy atom. The monoisotopic (exact) mass is 382 g/mol. The minimum absolute atomic E-state index is 0.0717. The predicted molar refractivity (Wildman–Crippen MR) is 95.6 cm³/mol. The highest BCUT2D eigenvalue weighted by Gasteiger charge is 2.20. The van der Waals surface area contributed by atoms with Crippen LogP contribution in [0.4, 0.5) is 5.69 Å². The van der Waals surface area contributed by atoms with Crippen molar-refractivity contribution in [3.8, 4) is 5.75 Å². The molecule has 0 fully saturated rings. The van der Waals surface area contributed by atoms with E-state index >= 15 is 0 Å². The molecule has 8 heteroatoms. The number of methoxy groups -OCH3 is 1. The summed E-state index contributed by atoms with van der Waals surface area (Å²) in [7, 11) is -2.39. The number of halogens is 2. The van der Waals surface area contributed by atoms with Crippen LogP contribution in [0.3, 0.4) is 0 Å². The lowest BCUT2D eigenvalue weighted by Crippen LogP contribution is -2.14. The van der Waals surface area contributed by atoms with Crippen molar-refractivity contribution in [3.05, 3.63) is 58.7 Å². The molecule has 0 unspecified atom stereocenters. The van der Waals surface area contributed by atoms with Gasteiger partial charge in [-0.2, -0.15) is 0 Å². The van der Waals surface area contributed by atoms with Crippen molar-refractivity contribution in [2.24, 2.45) is 0 Å². The minimum atomic E-state index is -3.89. The first-order chi connectivity index (χ1) is 11.4. The number of hydrogen-bond donors (Lipinski definition) is 1. The van der Waals surface area contributed by atoms with E-state index in [9.17, 15) is 8.42 Å². The Hall–Kier alpha value is -2.02. The second kappa shape index (κ2) is 6.47. The van der Waals surface area contributed by atoms with Crippen LogP contribution >= 0.6 is 23.2 Å². The van der Waals surface area contributed by atoms with Gasteiger partial charge in [-0.1, -0.05) is 23.2 Å². The smallest absolute Gasteiger partial charge is 0.262 e. The third-order valence-electron chi connectivity index (χ3n) is 3.37. The molecule has 0 radical (unpaired) electrons. The van der Waals surface area contributed by atoms with Crippen LogP contribution in [0.1, 0.15) is 0 Å². The molecule has 0 amide bonds. The molecule has 0 aliphatic rings. The fraction of sp³-hybridized carbons (Fsp3) is 0.0625. The summed E-state index contributed by atoms with van der Waals surface area (Å²) >= 11 is 11.9. The van der Waals surface area contributed by atoms with Crippen LogP contribution in [0.2, 0.25) is 10.0 Å². The molecule has 1 heterocycles. The van der Waals surface area contributed by atoms with Gasteiger partial charge in [-0.05, 0) is 42.5 Å². The van der Waals surface area contributed by atoms with E-state index in [-0.39, 0.29) is 15.6 Å². The number of rotatable bonds is 4. The second-order valence-corrected chi connectivity index (χ2v) is 7.39. The molecule has 0 spiro atoms. The van der Waals surface area contributed by atoms with Crippen molar-refractivity contribution in [2.75, 3.05) is 11.8 Å². The maximum atomic E-state index is 12.8. The molecule has 5 nitrogen and oxygen atoms in total. The molecule has 3 aromatic rings. The van der Waals surface area contributed by atoms with Gasteiger partial charge in [-0.3, -0.25) is 9.71 Å². The molecule has 1 N–H and O–H groups in total. The summed E-state index contributed by atoms with van der Waals surface area (Å²) in [5, 5.41) is 1.07. The lowest BCUT2D eigenvalue weighted by atomic mass is 10.2. The zero-order valence-electron chi connectivity index (χ0n) is 12.5. The molecular formula is C16H12Cl2N2O3S. The van der Waals surface area contributed by atoms with Gasteiger partial charge in [0.25, 0.3) is 10.0 Å². The van der Waals surface area contributed by atoms with Gasteiger partial charge >= 0.3 is 0 Å². The fourth-order valence-electron chi connectivity index (χ4n) is 2.30. The minimum Gasteiger partial charge on any atom is -0.494 e. The number of fused-ring (bicyclic) bond motifs is 1. The van der Waals surface area contributed by atoms with Gasteiger partial charge in [0.05, 0.1) is 22.7 Å². The fourth-order valence-corrected chi connectivity index (χ4v) is 3.96. The van der Waals surface area contributed by atoms with E-state index in [4.69, 9.17) is 27.9 Å².